The Hall–Kier alpha value is -4.19. The molecule has 35 heavy (non-hydrogen) atoms. The second-order valence-electron chi connectivity index (χ2n) is 8.92. The van der Waals surface area contributed by atoms with E-state index >= 15 is 0 Å². The highest BCUT2D eigenvalue weighted by Crippen LogP contribution is 2.37. The van der Waals surface area contributed by atoms with Crippen molar-refractivity contribution in [1.82, 2.24) is 20.2 Å². The van der Waals surface area contributed by atoms with Crippen LogP contribution in [-0.2, 0) is 6.42 Å². The maximum Gasteiger partial charge on any atom is 0.276 e. The van der Waals surface area contributed by atoms with Gasteiger partial charge in [0.2, 0.25) is 5.92 Å². The summed E-state index contributed by atoms with van der Waals surface area (Å²) in [7, 11) is 0. The van der Waals surface area contributed by atoms with Gasteiger partial charge in [0.05, 0.1) is 17.4 Å². The number of benzene rings is 1. The second-order valence-corrected chi connectivity index (χ2v) is 8.92. The van der Waals surface area contributed by atoms with Crippen molar-refractivity contribution >= 4 is 22.5 Å². The summed E-state index contributed by atoms with van der Waals surface area (Å²) in [6, 6.07) is 12.8. The van der Waals surface area contributed by atoms with E-state index in [1.165, 1.54) is 12.3 Å². The van der Waals surface area contributed by atoms with Crippen molar-refractivity contribution < 1.29 is 13.6 Å². The minimum atomic E-state index is -2.53. The smallest absolute Gasteiger partial charge is 0.276 e. The zero-order valence-corrected chi connectivity index (χ0v) is 18.8. The number of rotatable bonds is 5. The van der Waals surface area contributed by atoms with Gasteiger partial charge in [0, 0.05) is 36.2 Å². The second kappa shape index (κ2) is 9.22. The number of carbonyl (C=O) groups excluding carboxylic acids is 1. The van der Waals surface area contributed by atoms with Gasteiger partial charge in [-0.25, -0.2) is 13.8 Å². The number of hydrogen-bond donors (Lipinski definition) is 2. The molecule has 1 aliphatic carbocycles. The number of nitrogens with one attached hydrogen (secondary N) is 2. The van der Waals surface area contributed by atoms with E-state index in [1.54, 1.807) is 18.5 Å². The van der Waals surface area contributed by atoms with Crippen LogP contribution in [0.3, 0.4) is 0 Å². The summed E-state index contributed by atoms with van der Waals surface area (Å²) in [5.41, 5.74) is 4.43. The molecule has 0 unspecified atom stereocenters. The highest BCUT2D eigenvalue weighted by Gasteiger charge is 2.34. The third kappa shape index (κ3) is 5.01. The molecule has 2 N–H and O–H groups in total. The average Bonchev–Trinajstić information content (AvgIpc) is 3.29. The summed E-state index contributed by atoms with van der Waals surface area (Å²) in [5.74, 6) is -2.70. The minimum absolute atomic E-state index is 0.0503. The van der Waals surface area contributed by atoms with Crippen LogP contribution in [0.1, 0.15) is 47.4 Å². The summed E-state index contributed by atoms with van der Waals surface area (Å²) < 4.78 is 27.0. The number of aromatic amines is 1. The Morgan fingerprint density at radius 1 is 1.11 bits per heavy atom. The summed E-state index contributed by atoms with van der Waals surface area (Å²) in [5, 5.41) is 19.3. The van der Waals surface area contributed by atoms with E-state index in [9.17, 15) is 13.6 Å². The molecule has 0 atom stereocenters. The average molecular weight is 472 g/mol. The molecule has 4 aromatic rings. The van der Waals surface area contributed by atoms with Crippen LogP contribution in [0.4, 0.5) is 14.5 Å². The zero-order valence-electron chi connectivity index (χ0n) is 18.8. The van der Waals surface area contributed by atoms with Crippen molar-refractivity contribution in [2.24, 2.45) is 5.92 Å². The molecule has 1 aliphatic rings. The highest BCUT2D eigenvalue weighted by molar-refractivity contribution is 6.11. The number of carbonyl (C=O) groups is 1. The number of alkyl halides is 2. The minimum Gasteiger partial charge on any atom is -0.319 e. The maximum atomic E-state index is 13.5. The van der Waals surface area contributed by atoms with Crippen molar-refractivity contribution in [3.8, 4) is 17.2 Å². The quantitative estimate of drug-likeness (QED) is 0.398. The third-order valence-electron chi connectivity index (χ3n) is 6.40. The lowest BCUT2D eigenvalue weighted by atomic mass is 9.83. The molecule has 0 saturated heterocycles. The topological polar surface area (TPSA) is 107 Å². The number of amides is 1. The SMILES string of the molecule is N#Cc1ccc(NC(=O)c2n[nH]c3ccc(-c4cncc(CC5CCC(F)(F)CC5)c4)cc23)cn1. The Labute approximate surface area is 200 Å². The molecule has 9 heteroatoms. The van der Waals surface area contributed by atoms with E-state index in [2.05, 4.69) is 25.5 Å². The number of hydrogen-bond acceptors (Lipinski definition) is 5. The van der Waals surface area contributed by atoms with Crippen LogP contribution in [0.15, 0.2) is 55.0 Å². The molecule has 0 spiro atoms. The van der Waals surface area contributed by atoms with Gasteiger partial charge in [0.15, 0.2) is 5.69 Å². The Morgan fingerprint density at radius 3 is 2.69 bits per heavy atom. The fourth-order valence-electron chi connectivity index (χ4n) is 4.49. The number of halogens is 2. The van der Waals surface area contributed by atoms with Crippen LogP contribution in [0.25, 0.3) is 22.0 Å². The fourth-order valence-corrected chi connectivity index (χ4v) is 4.49. The lowest BCUT2D eigenvalue weighted by Gasteiger charge is -2.28. The van der Waals surface area contributed by atoms with Gasteiger partial charge in [-0.05, 0) is 66.6 Å². The Bertz CT molecular complexity index is 1410. The van der Waals surface area contributed by atoms with E-state index in [1.807, 2.05) is 30.3 Å². The number of aromatic nitrogens is 4. The monoisotopic (exact) mass is 472 g/mol. The Morgan fingerprint density at radius 2 is 1.94 bits per heavy atom. The molecular weight excluding hydrogens is 450 g/mol. The van der Waals surface area contributed by atoms with E-state index in [4.69, 9.17) is 5.26 Å². The van der Waals surface area contributed by atoms with E-state index < -0.39 is 11.8 Å². The van der Waals surface area contributed by atoms with E-state index in [0.29, 0.717) is 29.4 Å². The predicted octanol–water partition coefficient (Wildman–Crippen LogP) is 5.51. The molecule has 3 aromatic heterocycles. The van der Waals surface area contributed by atoms with Crippen molar-refractivity contribution in [1.29, 1.82) is 5.26 Å². The van der Waals surface area contributed by atoms with Gasteiger partial charge in [-0.3, -0.25) is 14.9 Å². The lowest BCUT2D eigenvalue weighted by Crippen LogP contribution is -2.25. The summed E-state index contributed by atoms with van der Waals surface area (Å²) in [6.45, 7) is 0. The Balaban J connectivity index is 1.36. The van der Waals surface area contributed by atoms with Gasteiger partial charge < -0.3 is 5.32 Å². The van der Waals surface area contributed by atoms with Crippen molar-refractivity contribution in [3.63, 3.8) is 0 Å². The largest absolute Gasteiger partial charge is 0.319 e. The van der Waals surface area contributed by atoms with Crippen LogP contribution >= 0.6 is 0 Å². The molecule has 1 saturated carbocycles. The molecular formula is C26H22F2N6O. The standard InChI is InChI=1S/C26H22F2N6O/c27-26(28)7-5-16(6-8-26)9-17-10-19(14-30-13-17)18-1-4-23-22(11-18)24(34-33-23)25(35)32-21-3-2-20(12-29)31-15-21/h1-4,10-11,13-16H,5-9H2,(H,32,35)(H,33,34). The fraction of sp³-hybridized carbons (Fsp3) is 0.269. The number of H-pyrrole nitrogens is 1. The van der Waals surface area contributed by atoms with Crippen molar-refractivity contribution in [2.75, 3.05) is 5.32 Å². The van der Waals surface area contributed by atoms with Crippen LogP contribution < -0.4 is 5.32 Å². The molecule has 3 heterocycles. The Kier molecular flexibility index (Phi) is 5.95. The summed E-state index contributed by atoms with van der Waals surface area (Å²) >= 11 is 0. The van der Waals surface area contributed by atoms with Crippen molar-refractivity contribution in [3.05, 3.63) is 71.9 Å². The van der Waals surface area contributed by atoms with Gasteiger partial charge in [-0.2, -0.15) is 10.4 Å². The summed E-state index contributed by atoms with van der Waals surface area (Å²) in [4.78, 5) is 21.2. The van der Waals surface area contributed by atoms with E-state index in [-0.39, 0.29) is 30.1 Å². The number of nitrogens with zero attached hydrogens (tertiary/aromatic N) is 4. The number of fused-ring (bicyclic) bond motifs is 1. The number of pyridine rings is 2. The van der Waals surface area contributed by atoms with Gasteiger partial charge in [0.1, 0.15) is 11.8 Å². The third-order valence-corrected chi connectivity index (χ3v) is 6.40. The first kappa shape index (κ1) is 22.6. The molecule has 0 bridgehead atoms. The molecule has 1 aromatic carbocycles. The molecule has 0 radical (unpaired) electrons. The molecule has 1 fully saturated rings. The van der Waals surface area contributed by atoms with Crippen LogP contribution in [-0.4, -0.2) is 32.0 Å². The first-order valence-electron chi connectivity index (χ1n) is 11.4. The van der Waals surface area contributed by atoms with Gasteiger partial charge in [0.25, 0.3) is 5.91 Å². The zero-order chi connectivity index (χ0) is 24.4. The molecule has 7 nitrogen and oxygen atoms in total. The van der Waals surface area contributed by atoms with Crippen molar-refractivity contribution in [2.45, 2.75) is 38.0 Å². The molecule has 0 aliphatic heterocycles. The molecule has 5 rings (SSSR count). The van der Waals surface area contributed by atoms with Crippen LogP contribution in [0, 0.1) is 17.2 Å². The van der Waals surface area contributed by atoms with Crippen LogP contribution in [0.5, 0.6) is 0 Å². The lowest BCUT2D eigenvalue weighted by molar-refractivity contribution is -0.0456. The number of anilines is 1. The maximum absolute atomic E-state index is 13.5. The van der Waals surface area contributed by atoms with Gasteiger partial charge in [-0.15, -0.1) is 0 Å². The van der Waals surface area contributed by atoms with Gasteiger partial charge in [-0.1, -0.05) is 6.07 Å². The molecule has 1 amide bonds. The predicted molar refractivity (Wildman–Crippen MR) is 127 cm³/mol. The first-order chi connectivity index (χ1) is 16.9. The van der Waals surface area contributed by atoms with Crippen LogP contribution in [0.2, 0.25) is 0 Å². The number of nitriles is 1. The first-order valence-corrected chi connectivity index (χ1v) is 11.4. The van der Waals surface area contributed by atoms with Gasteiger partial charge >= 0.3 is 0 Å². The normalized spacial score (nSPS) is 15.6. The highest BCUT2D eigenvalue weighted by atomic mass is 19.3. The van der Waals surface area contributed by atoms with E-state index in [0.717, 1.165) is 23.1 Å². The summed E-state index contributed by atoms with van der Waals surface area (Å²) in [6.07, 6.45) is 6.62. The molecule has 176 valence electrons.